The molecule has 0 heterocycles. The van der Waals surface area contributed by atoms with Crippen molar-refractivity contribution in [3.8, 4) is 0 Å². The second kappa shape index (κ2) is 7.46. The highest BCUT2D eigenvalue weighted by atomic mass is 16.3. The molecule has 0 radical (unpaired) electrons. The largest absolute Gasteiger partial charge is 0.395 e. The van der Waals surface area contributed by atoms with Crippen LogP contribution in [0.25, 0.3) is 0 Å². The lowest BCUT2D eigenvalue weighted by atomic mass is 9.98. The smallest absolute Gasteiger partial charge is 0.251 e. The molecule has 1 aliphatic carbocycles. The van der Waals surface area contributed by atoms with Gasteiger partial charge in [-0.1, -0.05) is 18.9 Å². The maximum Gasteiger partial charge on any atom is 0.251 e. The molecule has 3 N–H and O–H groups in total. The van der Waals surface area contributed by atoms with Crippen LogP contribution in [0.3, 0.4) is 0 Å². The summed E-state index contributed by atoms with van der Waals surface area (Å²) in [5.74, 6) is 0.606. The van der Waals surface area contributed by atoms with E-state index in [2.05, 4.69) is 17.6 Å². The number of carbonyl (C=O) groups excluding carboxylic acids is 1. The first-order chi connectivity index (χ1) is 10.1. The fraction of sp³-hybridized carbons (Fsp3) is 0.588. The average molecular weight is 290 g/mol. The van der Waals surface area contributed by atoms with Gasteiger partial charge in [-0.15, -0.1) is 0 Å². The highest BCUT2D eigenvalue weighted by Gasteiger charge is 2.22. The molecule has 0 aliphatic heterocycles. The summed E-state index contributed by atoms with van der Waals surface area (Å²) in [6, 6.07) is 6.20. The Labute approximate surface area is 126 Å². The number of benzene rings is 1. The number of carbonyl (C=O) groups is 1. The summed E-state index contributed by atoms with van der Waals surface area (Å²) in [5, 5.41) is 15.1. The third kappa shape index (κ3) is 3.97. The Hall–Kier alpha value is -1.55. The van der Waals surface area contributed by atoms with Gasteiger partial charge in [-0.25, -0.2) is 0 Å². The molecule has 0 saturated heterocycles. The molecule has 116 valence electrons. The zero-order valence-corrected chi connectivity index (χ0v) is 13.0. The Kier molecular flexibility index (Phi) is 5.62. The number of rotatable bonds is 6. The fourth-order valence-electron chi connectivity index (χ4n) is 3.12. The molecule has 1 saturated carbocycles. The van der Waals surface area contributed by atoms with Crippen molar-refractivity contribution in [2.75, 3.05) is 18.5 Å². The average Bonchev–Trinajstić information content (AvgIpc) is 3.01. The summed E-state index contributed by atoms with van der Waals surface area (Å²) >= 11 is 0. The number of hydrogen-bond donors (Lipinski definition) is 3. The topological polar surface area (TPSA) is 61.4 Å². The van der Waals surface area contributed by atoms with E-state index < -0.39 is 0 Å². The summed E-state index contributed by atoms with van der Waals surface area (Å²) in [5.41, 5.74) is 2.68. The van der Waals surface area contributed by atoms with Gasteiger partial charge in [0.05, 0.1) is 6.61 Å². The summed E-state index contributed by atoms with van der Waals surface area (Å²) in [6.45, 7) is 4.45. The van der Waals surface area contributed by atoms with Gasteiger partial charge in [-0.2, -0.15) is 0 Å². The molecule has 1 aromatic rings. The van der Waals surface area contributed by atoms with Crippen LogP contribution in [-0.2, 0) is 0 Å². The number of anilines is 1. The van der Waals surface area contributed by atoms with E-state index in [0.29, 0.717) is 11.6 Å². The van der Waals surface area contributed by atoms with Crippen LogP contribution in [0.1, 0.15) is 48.5 Å². The maximum atomic E-state index is 12.1. The van der Waals surface area contributed by atoms with Crippen molar-refractivity contribution in [3.05, 3.63) is 29.3 Å². The molecule has 0 aromatic heterocycles. The second-order valence-electron chi connectivity index (χ2n) is 5.94. The third-order valence-electron chi connectivity index (χ3n) is 4.47. The first-order valence-electron chi connectivity index (χ1n) is 7.88. The van der Waals surface area contributed by atoms with E-state index >= 15 is 0 Å². The number of hydrogen-bond acceptors (Lipinski definition) is 3. The molecule has 0 bridgehead atoms. The summed E-state index contributed by atoms with van der Waals surface area (Å²) in [7, 11) is 0. The van der Waals surface area contributed by atoms with E-state index in [1.54, 1.807) is 0 Å². The summed E-state index contributed by atoms with van der Waals surface area (Å²) in [6.07, 6.45) is 5.26. The Balaban J connectivity index is 2.07. The molecule has 1 aliphatic rings. The molecular weight excluding hydrogens is 264 g/mol. The number of aliphatic hydroxyl groups excluding tert-OH is 1. The third-order valence-corrected chi connectivity index (χ3v) is 4.47. The van der Waals surface area contributed by atoms with Crippen molar-refractivity contribution in [3.63, 3.8) is 0 Å². The van der Waals surface area contributed by atoms with Crippen LogP contribution < -0.4 is 10.6 Å². The van der Waals surface area contributed by atoms with E-state index in [1.165, 1.54) is 25.7 Å². The van der Waals surface area contributed by atoms with Crippen LogP contribution in [0.4, 0.5) is 5.69 Å². The van der Waals surface area contributed by atoms with E-state index in [9.17, 15) is 4.79 Å². The predicted molar refractivity (Wildman–Crippen MR) is 85.6 cm³/mol. The predicted octanol–water partition coefficient (Wildman–Crippen LogP) is 2.71. The molecule has 4 nitrogen and oxygen atoms in total. The molecule has 1 aromatic carbocycles. The van der Waals surface area contributed by atoms with Crippen molar-refractivity contribution >= 4 is 11.6 Å². The highest BCUT2D eigenvalue weighted by Crippen LogP contribution is 2.30. The molecule has 1 amide bonds. The second-order valence-corrected chi connectivity index (χ2v) is 5.94. The van der Waals surface area contributed by atoms with E-state index in [0.717, 1.165) is 17.2 Å². The number of aliphatic hydroxyl groups is 1. The van der Waals surface area contributed by atoms with Gasteiger partial charge in [-0.3, -0.25) is 4.79 Å². The van der Waals surface area contributed by atoms with E-state index in [-0.39, 0.29) is 19.1 Å². The maximum absolute atomic E-state index is 12.1. The van der Waals surface area contributed by atoms with Gasteiger partial charge in [0.25, 0.3) is 5.91 Å². The summed E-state index contributed by atoms with van der Waals surface area (Å²) < 4.78 is 0. The van der Waals surface area contributed by atoms with Crippen LogP contribution in [-0.4, -0.2) is 30.2 Å². The number of nitrogens with one attached hydrogen (secondary N) is 2. The number of amides is 1. The van der Waals surface area contributed by atoms with Gasteiger partial charge in [0.15, 0.2) is 0 Å². The minimum absolute atomic E-state index is 0.0402. The summed E-state index contributed by atoms with van der Waals surface area (Å²) in [4.78, 5) is 12.1. The van der Waals surface area contributed by atoms with Crippen LogP contribution in [0.15, 0.2) is 18.2 Å². The fourth-order valence-corrected chi connectivity index (χ4v) is 3.12. The van der Waals surface area contributed by atoms with Gasteiger partial charge in [0, 0.05) is 23.8 Å². The van der Waals surface area contributed by atoms with Gasteiger partial charge in [0.1, 0.15) is 0 Å². The molecule has 4 heteroatoms. The quantitative estimate of drug-likeness (QED) is 0.755. The zero-order chi connectivity index (χ0) is 15.2. The van der Waals surface area contributed by atoms with Gasteiger partial charge < -0.3 is 15.7 Å². The van der Waals surface area contributed by atoms with Crippen molar-refractivity contribution in [1.82, 2.24) is 5.32 Å². The molecule has 2 rings (SSSR count). The molecular formula is C17H26N2O2. The van der Waals surface area contributed by atoms with Crippen molar-refractivity contribution in [2.45, 2.75) is 45.6 Å². The van der Waals surface area contributed by atoms with E-state index in [4.69, 9.17) is 5.11 Å². The Morgan fingerprint density at radius 1 is 1.38 bits per heavy atom. The normalized spacial score (nSPS) is 16.7. The van der Waals surface area contributed by atoms with Crippen molar-refractivity contribution in [2.24, 2.45) is 5.92 Å². The Morgan fingerprint density at radius 2 is 2.10 bits per heavy atom. The molecule has 1 fully saturated rings. The molecule has 0 unspecified atom stereocenters. The standard InChI is InChI=1S/C17H26N2O2/c1-12-15(17(21)18-10-11-20)8-5-9-16(12)19-13(2)14-6-3-4-7-14/h5,8-9,13-14,19-20H,3-4,6-7,10-11H2,1-2H3,(H,18,21)/t13-/m0/s1. The minimum Gasteiger partial charge on any atom is -0.395 e. The van der Waals surface area contributed by atoms with Gasteiger partial charge in [0.2, 0.25) is 0 Å². The highest BCUT2D eigenvalue weighted by molar-refractivity contribution is 5.97. The zero-order valence-electron chi connectivity index (χ0n) is 13.0. The first-order valence-corrected chi connectivity index (χ1v) is 7.88. The van der Waals surface area contributed by atoms with Crippen molar-refractivity contribution in [1.29, 1.82) is 0 Å². The lowest BCUT2D eigenvalue weighted by molar-refractivity contribution is 0.0944. The van der Waals surface area contributed by atoms with Crippen LogP contribution >= 0.6 is 0 Å². The van der Waals surface area contributed by atoms with E-state index in [1.807, 2.05) is 25.1 Å². The van der Waals surface area contributed by atoms with Crippen LogP contribution in [0, 0.1) is 12.8 Å². The van der Waals surface area contributed by atoms with Crippen molar-refractivity contribution < 1.29 is 9.90 Å². The van der Waals surface area contributed by atoms with Crippen LogP contribution in [0.5, 0.6) is 0 Å². The molecule has 21 heavy (non-hydrogen) atoms. The molecule has 1 atom stereocenters. The van der Waals surface area contributed by atoms with Gasteiger partial charge >= 0.3 is 0 Å². The molecule has 0 spiro atoms. The SMILES string of the molecule is Cc1c(N[C@@H](C)C2CCCC2)cccc1C(=O)NCCO. The Bertz CT molecular complexity index is 482. The first kappa shape index (κ1) is 15.8. The monoisotopic (exact) mass is 290 g/mol. The van der Waals surface area contributed by atoms with Crippen LogP contribution in [0.2, 0.25) is 0 Å². The lowest BCUT2D eigenvalue weighted by Gasteiger charge is -2.23. The Morgan fingerprint density at radius 3 is 2.76 bits per heavy atom. The van der Waals surface area contributed by atoms with Gasteiger partial charge in [-0.05, 0) is 50.3 Å². The minimum atomic E-state index is -0.126. The lowest BCUT2D eigenvalue weighted by Crippen LogP contribution is -2.28.